The van der Waals surface area contributed by atoms with Gasteiger partial charge in [-0.1, -0.05) is 24.3 Å². The fourth-order valence-electron chi connectivity index (χ4n) is 3.36. The Kier molecular flexibility index (Phi) is 3.38. The third-order valence-corrected chi connectivity index (χ3v) is 4.42. The Morgan fingerprint density at radius 2 is 1.73 bits per heavy atom. The summed E-state index contributed by atoms with van der Waals surface area (Å²) in [6, 6.07) is 8.72. The van der Waals surface area contributed by atoms with Crippen LogP contribution in [0.3, 0.4) is 0 Å². The summed E-state index contributed by atoms with van der Waals surface area (Å²) in [4.78, 5) is 2.37. The fraction of sp³-hybridized carbons (Fsp3) is 0.300. The molecule has 0 amide bonds. The lowest BCUT2D eigenvalue weighted by Crippen LogP contribution is -2.28. The molecule has 0 saturated heterocycles. The second kappa shape index (κ2) is 5.53. The molecule has 0 bridgehead atoms. The summed E-state index contributed by atoms with van der Waals surface area (Å²) in [7, 11) is 0. The van der Waals surface area contributed by atoms with E-state index >= 15 is 0 Å². The van der Waals surface area contributed by atoms with Crippen LogP contribution in [0.25, 0.3) is 0 Å². The molecular weight excluding hydrogens is 270 g/mol. The number of rotatable bonds is 1. The highest BCUT2D eigenvalue weighted by Gasteiger charge is 2.29. The molecule has 1 aromatic carbocycles. The highest BCUT2D eigenvalue weighted by molar-refractivity contribution is 5.66. The number of nitrogens with zero attached hydrogens (tertiary/aromatic N) is 1. The Labute approximate surface area is 132 Å². The van der Waals surface area contributed by atoms with Crippen molar-refractivity contribution in [1.82, 2.24) is 0 Å². The molecule has 1 aromatic rings. The molecule has 1 heterocycles. The Hall–Kier alpha value is -2.22. The van der Waals surface area contributed by atoms with Crippen molar-refractivity contribution in [1.29, 1.82) is 0 Å². The Morgan fingerprint density at radius 3 is 2.55 bits per heavy atom. The van der Waals surface area contributed by atoms with Gasteiger partial charge in [-0.05, 0) is 56.0 Å². The van der Waals surface area contributed by atoms with Gasteiger partial charge in [0, 0.05) is 18.5 Å². The summed E-state index contributed by atoms with van der Waals surface area (Å²) in [6.45, 7) is 2.15. The highest BCUT2D eigenvalue weighted by atomic mass is 16.5. The van der Waals surface area contributed by atoms with E-state index in [1.165, 1.54) is 22.6 Å². The van der Waals surface area contributed by atoms with Crippen molar-refractivity contribution in [2.75, 3.05) is 4.90 Å². The van der Waals surface area contributed by atoms with E-state index in [0.717, 1.165) is 43.6 Å². The van der Waals surface area contributed by atoms with Crippen LogP contribution in [0.4, 0.5) is 5.69 Å². The van der Waals surface area contributed by atoms with Gasteiger partial charge in [-0.15, -0.1) is 0 Å². The SMILES string of the molecule is Cc1cccc(N2C3=C(CCC=C3)OC3=C2C=CCCC3)c1. The normalized spacial score (nSPS) is 20.5. The van der Waals surface area contributed by atoms with Crippen molar-refractivity contribution >= 4 is 5.69 Å². The first-order valence-corrected chi connectivity index (χ1v) is 8.17. The van der Waals surface area contributed by atoms with Gasteiger partial charge in [-0.25, -0.2) is 0 Å². The van der Waals surface area contributed by atoms with E-state index < -0.39 is 0 Å². The molecular formula is C20H21NO. The predicted molar refractivity (Wildman–Crippen MR) is 90.2 cm³/mol. The van der Waals surface area contributed by atoms with Crippen LogP contribution >= 0.6 is 0 Å². The fourth-order valence-corrected chi connectivity index (χ4v) is 3.36. The first-order chi connectivity index (χ1) is 10.8. The number of hydrogen-bond acceptors (Lipinski definition) is 2. The Morgan fingerprint density at radius 1 is 0.955 bits per heavy atom. The smallest absolute Gasteiger partial charge is 0.128 e. The summed E-state index contributed by atoms with van der Waals surface area (Å²) < 4.78 is 6.27. The zero-order chi connectivity index (χ0) is 14.9. The van der Waals surface area contributed by atoms with Crippen LogP contribution in [0.2, 0.25) is 0 Å². The van der Waals surface area contributed by atoms with E-state index in [-0.39, 0.29) is 0 Å². The first kappa shape index (κ1) is 13.4. The van der Waals surface area contributed by atoms with Crippen molar-refractivity contribution in [3.8, 4) is 0 Å². The molecule has 0 unspecified atom stereocenters. The average Bonchev–Trinajstić information content (AvgIpc) is 2.77. The summed E-state index contributed by atoms with van der Waals surface area (Å²) in [6.07, 6.45) is 14.3. The molecule has 2 heteroatoms. The van der Waals surface area contributed by atoms with Crippen molar-refractivity contribution < 1.29 is 4.74 Å². The van der Waals surface area contributed by atoms with E-state index in [1.54, 1.807) is 0 Å². The van der Waals surface area contributed by atoms with Crippen LogP contribution in [0.5, 0.6) is 0 Å². The minimum absolute atomic E-state index is 0.995. The van der Waals surface area contributed by atoms with Crippen LogP contribution in [-0.2, 0) is 4.74 Å². The van der Waals surface area contributed by atoms with Gasteiger partial charge < -0.3 is 9.64 Å². The van der Waals surface area contributed by atoms with Gasteiger partial charge in [0.15, 0.2) is 0 Å². The predicted octanol–water partition coefficient (Wildman–Crippen LogP) is 5.34. The molecule has 0 spiro atoms. The lowest BCUT2D eigenvalue weighted by Gasteiger charge is -2.36. The van der Waals surface area contributed by atoms with Crippen LogP contribution in [0, 0.1) is 6.92 Å². The van der Waals surface area contributed by atoms with Gasteiger partial charge >= 0.3 is 0 Å². The molecule has 4 rings (SSSR count). The van der Waals surface area contributed by atoms with Crippen molar-refractivity contribution in [2.45, 2.75) is 39.0 Å². The van der Waals surface area contributed by atoms with Crippen LogP contribution < -0.4 is 4.90 Å². The number of anilines is 1. The molecule has 22 heavy (non-hydrogen) atoms. The van der Waals surface area contributed by atoms with E-state index in [2.05, 4.69) is 60.4 Å². The summed E-state index contributed by atoms with van der Waals surface area (Å²) in [5.41, 5.74) is 4.91. The molecule has 0 fully saturated rings. The van der Waals surface area contributed by atoms with Gasteiger partial charge in [-0.3, -0.25) is 0 Å². The summed E-state index contributed by atoms with van der Waals surface area (Å²) in [5, 5.41) is 0. The molecule has 2 aliphatic carbocycles. The third kappa shape index (κ3) is 2.29. The minimum atomic E-state index is 0.995. The van der Waals surface area contributed by atoms with Crippen LogP contribution in [0.15, 0.2) is 71.5 Å². The molecule has 0 atom stereocenters. The molecule has 3 aliphatic rings. The van der Waals surface area contributed by atoms with E-state index in [9.17, 15) is 0 Å². The molecule has 2 nitrogen and oxygen atoms in total. The van der Waals surface area contributed by atoms with E-state index in [1.807, 2.05) is 0 Å². The lowest BCUT2D eigenvalue weighted by atomic mass is 10.0. The van der Waals surface area contributed by atoms with Crippen LogP contribution in [0.1, 0.15) is 37.7 Å². The monoisotopic (exact) mass is 291 g/mol. The van der Waals surface area contributed by atoms with Gasteiger partial charge in [0.1, 0.15) is 11.5 Å². The maximum atomic E-state index is 6.27. The van der Waals surface area contributed by atoms with Crippen molar-refractivity contribution in [3.05, 3.63) is 77.0 Å². The van der Waals surface area contributed by atoms with Gasteiger partial charge in [0.2, 0.25) is 0 Å². The van der Waals surface area contributed by atoms with Gasteiger partial charge in [0.25, 0.3) is 0 Å². The van der Waals surface area contributed by atoms with Gasteiger partial charge in [-0.2, -0.15) is 0 Å². The summed E-state index contributed by atoms with van der Waals surface area (Å²) >= 11 is 0. The number of allylic oxidation sites excluding steroid dienone is 6. The average molecular weight is 291 g/mol. The Bertz CT molecular complexity index is 721. The molecule has 112 valence electrons. The quantitative estimate of drug-likeness (QED) is 0.692. The molecule has 0 radical (unpaired) electrons. The lowest BCUT2D eigenvalue weighted by molar-refractivity contribution is 0.259. The van der Waals surface area contributed by atoms with Crippen molar-refractivity contribution in [3.63, 3.8) is 0 Å². The number of benzene rings is 1. The summed E-state index contributed by atoms with van der Waals surface area (Å²) in [5.74, 6) is 2.25. The minimum Gasteiger partial charge on any atom is -0.462 e. The first-order valence-electron chi connectivity index (χ1n) is 8.17. The molecule has 0 aromatic heterocycles. The number of aryl methyl sites for hydroxylation is 1. The standard InChI is InChI=1S/C20H21NO/c1-15-8-7-9-16(14-15)21-17-10-3-2-4-12-19(17)22-20-13-6-5-11-18(20)21/h3,5,7-11,14H,2,4,6,12-13H2,1H3. The largest absolute Gasteiger partial charge is 0.462 e. The van der Waals surface area contributed by atoms with E-state index in [4.69, 9.17) is 4.74 Å². The molecule has 0 N–H and O–H groups in total. The van der Waals surface area contributed by atoms with Gasteiger partial charge in [0.05, 0.1) is 11.4 Å². The highest BCUT2D eigenvalue weighted by Crippen LogP contribution is 2.40. The number of hydrogen-bond donors (Lipinski definition) is 0. The van der Waals surface area contributed by atoms with Crippen LogP contribution in [-0.4, -0.2) is 0 Å². The van der Waals surface area contributed by atoms with E-state index in [0.29, 0.717) is 0 Å². The molecule has 1 aliphatic heterocycles. The maximum absolute atomic E-state index is 6.27. The number of ether oxygens (including phenoxy) is 1. The topological polar surface area (TPSA) is 12.5 Å². The van der Waals surface area contributed by atoms with Crippen molar-refractivity contribution in [2.24, 2.45) is 0 Å². The molecule has 0 saturated carbocycles. The third-order valence-electron chi connectivity index (χ3n) is 4.42. The second-order valence-electron chi connectivity index (χ2n) is 6.13. The zero-order valence-electron chi connectivity index (χ0n) is 13.0. The maximum Gasteiger partial charge on any atom is 0.128 e. The Balaban J connectivity index is 1.87. The second-order valence-corrected chi connectivity index (χ2v) is 6.13. The zero-order valence-corrected chi connectivity index (χ0v) is 13.0.